The van der Waals surface area contributed by atoms with Crippen molar-refractivity contribution in [3.8, 4) is 0 Å². The van der Waals surface area contributed by atoms with Crippen molar-refractivity contribution < 1.29 is 9.59 Å². The zero-order valence-corrected chi connectivity index (χ0v) is 22.6. The first-order valence-electron chi connectivity index (χ1n) is 11.8. The van der Waals surface area contributed by atoms with E-state index in [1.165, 1.54) is 11.3 Å². The van der Waals surface area contributed by atoms with Crippen molar-refractivity contribution in [3.05, 3.63) is 44.7 Å². The van der Waals surface area contributed by atoms with Crippen molar-refractivity contribution in [2.75, 3.05) is 18.4 Å². The quantitative estimate of drug-likeness (QED) is 0.522. The Morgan fingerprint density at radius 1 is 1.11 bits per heavy atom. The van der Waals surface area contributed by atoms with Gasteiger partial charge in [-0.05, 0) is 49.3 Å². The Kier molecular flexibility index (Phi) is 7.27. The van der Waals surface area contributed by atoms with Gasteiger partial charge in [-0.25, -0.2) is 0 Å². The molecule has 0 atom stereocenters. The number of carbonyl (C=O) groups is 2. The van der Waals surface area contributed by atoms with Gasteiger partial charge in [0.1, 0.15) is 9.88 Å². The van der Waals surface area contributed by atoms with Crippen molar-refractivity contribution >= 4 is 39.8 Å². The number of carbonyl (C=O) groups excluding carboxylic acids is 2. The number of aryl methyl sites for hydroxylation is 1. The highest BCUT2D eigenvalue weighted by atomic mass is 32.1. The van der Waals surface area contributed by atoms with Crippen molar-refractivity contribution in [3.63, 3.8) is 0 Å². The Bertz CT molecular complexity index is 1220. The van der Waals surface area contributed by atoms with Crippen LogP contribution in [0.15, 0.2) is 12.1 Å². The first-order valence-corrected chi connectivity index (χ1v) is 13.4. The number of likely N-dealkylation sites (tertiary alicyclic amines) is 1. The predicted molar refractivity (Wildman–Crippen MR) is 137 cm³/mol. The van der Waals surface area contributed by atoms with Gasteiger partial charge in [-0.1, -0.05) is 50.4 Å². The molecule has 4 rings (SSSR count). The summed E-state index contributed by atoms with van der Waals surface area (Å²) >= 11 is 2.55. The fraction of sp³-hybridized carbons (Fsp3) is 0.542. The van der Waals surface area contributed by atoms with E-state index in [9.17, 15) is 9.59 Å². The van der Waals surface area contributed by atoms with Crippen LogP contribution in [0.3, 0.4) is 0 Å². The summed E-state index contributed by atoms with van der Waals surface area (Å²) in [5, 5.41) is 16.7. The zero-order chi connectivity index (χ0) is 25.3. The van der Waals surface area contributed by atoms with Crippen molar-refractivity contribution in [2.45, 2.75) is 71.6 Å². The number of hydrogen-bond acceptors (Lipinski definition) is 9. The smallest absolute Gasteiger partial charge is 0.267 e. The molecular weight excluding hydrogens is 482 g/mol. The Labute approximate surface area is 213 Å². The number of amides is 2. The van der Waals surface area contributed by atoms with Crippen LogP contribution in [0.1, 0.15) is 101 Å². The number of nitrogens with one attached hydrogen (secondary N) is 1. The molecule has 0 radical (unpaired) electrons. The molecule has 0 unspecified atom stereocenters. The van der Waals surface area contributed by atoms with Gasteiger partial charge in [-0.3, -0.25) is 19.9 Å². The summed E-state index contributed by atoms with van der Waals surface area (Å²) in [6.07, 6.45) is 1.47. The molecule has 9 nitrogen and oxygen atoms in total. The predicted octanol–water partition coefficient (Wildman–Crippen LogP) is 4.79. The summed E-state index contributed by atoms with van der Waals surface area (Å²) < 4.78 is 3.99. The highest BCUT2D eigenvalue weighted by molar-refractivity contribution is 7.15. The lowest BCUT2D eigenvalue weighted by Crippen LogP contribution is -2.38. The van der Waals surface area contributed by atoms with Gasteiger partial charge in [-0.2, -0.15) is 0 Å². The molecule has 11 heteroatoms. The molecule has 1 aliphatic heterocycles. The van der Waals surface area contributed by atoms with E-state index < -0.39 is 0 Å². The van der Waals surface area contributed by atoms with E-state index in [0.29, 0.717) is 28.7 Å². The molecule has 0 bridgehead atoms. The molecule has 1 fully saturated rings. The second-order valence-electron chi connectivity index (χ2n) is 10.2. The van der Waals surface area contributed by atoms with Gasteiger partial charge in [0.2, 0.25) is 5.13 Å². The van der Waals surface area contributed by atoms with Gasteiger partial charge in [0.15, 0.2) is 0 Å². The van der Waals surface area contributed by atoms with Crippen LogP contribution in [0, 0.1) is 6.92 Å². The molecule has 1 aliphatic rings. The SMILES string of the molecule is Cc1ccc(C(=O)Nc2nnc(C(C)(C)C)s2)c(C2CCN(C(=O)c3snnc3C(C)C)CC2)n1. The number of anilines is 1. The summed E-state index contributed by atoms with van der Waals surface area (Å²) in [4.78, 5) is 33.5. The third kappa shape index (κ3) is 5.56. The van der Waals surface area contributed by atoms with E-state index in [2.05, 4.69) is 45.9 Å². The normalized spacial score (nSPS) is 15.0. The highest BCUT2D eigenvalue weighted by Gasteiger charge is 2.31. The highest BCUT2D eigenvalue weighted by Crippen LogP contribution is 2.32. The van der Waals surface area contributed by atoms with Crippen molar-refractivity contribution in [1.29, 1.82) is 0 Å². The van der Waals surface area contributed by atoms with E-state index in [-0.39, 0.29) is 29.1 Å². The van der Waals surface area contributed by atoms with Crippen LogP contribution in [0.5, 0.6) is 0 Å². The molecule has 186 valence electrons. The van der Waals surface area contributed by atoms with E-state index in [1.54, 1.807) is 0 Å². The maximum Gasteiger partial charge on any atom is 0.267 e. The molecule has 1 N–H and O–H groups in total. The molecule has 2 amide bonds. The first kappa shape index (κ1) is 25.3. The van der Waals surface area contributed by atoms with Crippen molar-refractivity contribution in [1.82, 2.24) is 29.7 Å². The lowest BCUT2D eigenvalue weighted by molar-refractivity contribution is 0.0714. The Hall–Kier alpha value is -2.79. The molecule has 3 aromatic rings. The maximum absolute atomic E-state index is 13.2. The third-order valence-electron chi connectivity index (χ3n) is 6.02. The molecule has 1 saturated heterocycles. The third-order valence-corrected chi connectivity index (χ3v) is 8.01. The average Bonchev–Trinajstić information content (AvgIpc) is 3.48. The second kappa shape index (κ2) is 10.1. The maximum atomic E-state index is 13.2. The fourth-order valence-electron chi connectivity index (χ4n) is 4.04. The lowest BCUT2D eigenvalue weighted by Gasteiger charge is -2.32. The largest absolute Gasteiger partial charge is 0.338 e. The molecule has 35 heavy (non-hydrogen) atoms. The standard InChI is InChI=1S/C24H31N7O2S2/c1-13(2)17-19(35-30-27-17)21(33)31-11-9-15(10-12-31)18-16(8-7-14(3)25-18)20(32)26-23-29-28-22(34-23)24(4,5)6/h7-8,13,15H,9-12H2,1-6H3,(H,26,29,32). The van der Waals surface area contributed by atoms with Crippen molar-refractivity contribution in [2.24, 2.45) is 0 Å². The number of hydrogen-bond donors (Lipinski definition) is 1. The van der Waals surface area contributed by atoms with E-state index in [0.717, 1.165) is 46.5 Å². The fourth-order valence-corrected chi connectivity index (χ4v) is 5.63. The van der Waals surface area contributed by atoms with Gasteiger partial charge in [0.25, 0.3) is 11.8 Å². The first-order chi connectivity index (χ1) is 16.5. The van der Waals surface area contributed by atoms with Gasteiger partial charge >= 0.3 is 0 Å². The van der Waals surface area contributed by atoms with Gasteiger partial charge in [-0.15, -0.1) is 15.3 Å². The lowest BCUT2D eigenvalue weighted by atomic mass is 9.89. The Morgan fingerprint density at radius 2 is 1.83 bits per heavy atom. The van der Waals surface area contributed by atoms with Crippen LogP contribution in [-0.4, -0.2) is 54.6 Å². The van der Waals surface area contributed by atoms with Gasteiger partial charge in [0.05, 0.1) is 17.0 Å². The van der Waals surface area contributed by atoms with E-state index >= 15 is 0 Å². The zero-order valence-electron chi connectivity index (χ0n) is 21.0. The number of nitrogens with zero attached hydrogens (tertiary/aromatic N) is 6. The van der Waals surface area contributed by atoms with E-state index in [4.69, 9.17) is 4.98 Å². The minimum Gasteiger partial charge on any atom is -0.338 e. The van der Waals surface area contributed by atoms with Crippen LogP contribution in [0.2, 0.25) is 0 Å². The molecule has 0 aliphatic carbocycles. The average molecular weight is 514 g/mol. The molecule has 3 aromatic heterocycles. The minimum atomic E-state index is -0.236. The molecule has 4 heterocycles. The molecule has 0 spiro atoms. The molecular formula is C24H31N7O2S2. The number of piperidine rings is 1. The summed E-state index contributed by atoms with van der Waals surface area (Å²) in [6.45, 7) is 13.3. The number of pyridine rings is 1. The van der Waals surface area contributed by atoms with Gasteiger partial charge < -0.3 is 4.90 Å². The molecule has 0 aromatic carbocycles. The Morgan fingerprint density at radius 3 is 2.46 bits per heavy atom. The van der Waals surface area contributed by atoms with Crippen LogP contribution in [0.25, 0.3) is 0 Å². The summed E-state index contributed by atoms with van der Waals surface area (Å²) in [6, 6.07) is 3.68. The molecule has 0 saturated carbocycles. The van der Waals surface area contributed by atoms with Crippen LogP contribution >= 0.6 is 22.9 Å². The number of aromatic nitrogens is 5. The van der Waals surface area contributed by atoms with Crippen LogP contribution < -0.4 is 5.32 Å². The number of rotatable bonds is 5. The summed E-state index contributed by atoms with van der Waals surface area (Å²) in [7, 11) is 0. The Balaban J connectivity index is 1.48. The second-order valence-corrected chi connectivity index (χ2v) is 11.9. The van der Waals surface area contributed by atoms with E-state index in [1.807, 2.05) is 37.8 Å². The van der Waals surface area contributed by atoms with Crippen LogP contribution in [0.4, 0.5) is 5.13 Å². The van der Waals surface area contributed by atoms with Gasteiger partial charge in [0, 0.05) is 30.1 Å². The van der Waals surface area contributed by atoms with Crippen LogP contribution in [-0.2, 0) is 5.41 Å². The summed E-state index contributed by atoms with van der Waals surface area (Å²) in [5.41, 5.74) is 2.80. The topological polar surface area (TPSA) is 114 Å². The summed E-state index contributed by atoms with van der Waals surface area (Å²) in [5.74, 6) is -0.0121. The minimum absolute atomic E-state index is 0.0109. The monoisotopic (exact) mass is 513 g/mol.